The molecule has 3 rings (SSSR count). The number of nitrogens with one attached hydrogen (secondary N) is 1. The second-order valence-electron chi connectivity index (χ2n) is 5.93. The van der Waals surface area contributed by atoms with Crippen molar-refractivity contribution in [3.8, 4) is 11.5 Å². The topological polar surface area (TPSA) is 115 Å². The monoisotopic (exact) mass is 353 g/mol. The first kappa shape index (κ1) is 17.3. The standard InChI is InChI=1S/C18H19N5O3/c1-11(2)26-17-15(19)6-12(18(25)23-10-20-9-21-23)7-16(17)22-13-4-3-5-14(24)8-13/h3-11,22,24H,19H2,1-2H3. The van der Waals surface area contributed by atoms with Crippen LogP contribution in [-0.4, -0.2) is 31.9 Å². The second-order valence-corrected chi connectivity index (χ2v) is 5.93. The molecule has 134 valence electrons. The van der Waals surface area contributed by atoms with Crippen molar-refractivity contribution in [1.82, 2.24) is 14.8 Å². The van der Waals surface area contributed by atoms with E-state index >= 15 is 0 Å². The normalized spacial score (nSPS) is 10.7. The highest BCUT2D eigenvalue weighted by molar-refractivity contribution is 5.98. The molecule has 0 radical (unpaired) electrons. The summed E-state index contributed by atoms with van der Waals surface area (Å²) in [7, 11) is 0. The van der Waals surface area contributed by atoms with Gasteiger partial charge in [0.05, 0.1) is 17.5 Å². The molecule has 0 aliphatic carbocycles. The van der Waals surface area contributed by atoms with Crippen molar-refractivity contribution < 1.29 is 14.6 Å². The third-order valence-corrected chi connectivity index (χ3v) is 3.47. The largest absolute Gasteiger partial charge is 0.508 e. The zero-order chi connectivity index (χ0) is 18.7. The van der Waals surface area contributed by atoms with Crippen molar-refractivity contribution >= 4 is 23.0 Å². The van der Waals surface area contributed by atoms with E-state index in [0.717, 1.165) is 4.68 Å². The van der Waals surface area contributed by atoms with Gasteiger partial charge >= 0.3 is 0 Å². The Morgan fingerprint density at radius 2 is 2.12 bits per heavy atom. The van der Waals surface area contributed by atoms with Crippen LogP contribution in [0.2, 0.25) is 0 Å². The Morgan fingerprint density at radius 1 is 1.31 bits per heavy atom. The van der Waals surface area contributed by atoms with E-state index in [0.29, 0.717) is 28.4 Å². The van der Waals surface area contributed by atoms with Gasteiger partial charge in [-0.1, -0.05) is 6.07 Å². The zero-order valence-corrected chi connectivity index (χ0v) is 14.4. The van der Waals surface area contributed by atoms with Gasteiger partial charge in [0.1, 0.15) is 18.4 Å². The lowest BCUT2D eigenvalue weighted by molar-refractivity contribution is 0.0944. The van der Waals surface area contributed by atoms with Crippen LogP contribution < -0.4 is 15.8 Å². The molecule has 0 spiro atoms. The Labute approximate surface area is 150 Å². The highest BCUT2D eigenvalue weighted by atomic mass is 16.5. The number of phenols is 1. The van der Waals surface area contributed by atoms with E-state index in [9.17, 15) is 9.90 Å². The number of carbonyl (C=O) groups excluding carboxylic acids is 1. The van der Waals surface area contributed by atoms with Crippen molar-refractivity contribution in [3.63, 3.8) is 0 Å². The average molecular weight is 353 g/mol. The number of ether oxygens (including phenoxy) is 1. The first-order chi connectivity index (χ1) is 12.4. The Kier molecular flexibility index (Phi) is 4.74. The summed E-state index contributed by atoms with van der Waals surface area (Å²) < 4.78 is 6.93. The molecular weight excluding hydrogens is 334 g/mol. The number of nitrogens with zero attached hydrogens (tertiary/aromatic N) is 3. The summed E-state index contributed by atoms with van der Waals surface area (Å²) in [5.74, 6) is 0.173. The molecule has 0 aliphatic heterocycles. The molecule has 0 amide bonds. The summed E-state index contributed by atoms with van der Waals surface area (Å²) in [5.41, 5.74) is 7.91. The zero-order valence-electron chi connectivity index (χ0n) is 14.4. The van der Waals surface area contributed by atoms with Gasteiger partial charge < -0.3 is 20.9 Å². The summed E-state index contributed by atoms with van der Waals surface area (Å²) in [4.78, 5) is 16.3. The van der Waals surface area contributed by atoms with E-state index in [1.165, 1.54) is 18.7 Å². The first-order valence-electron chi connectivity index (χ1n) is 7.99. The Hall–Kier alpha value is -3.55. The van der Waals surface area contributed by atoms with E-state index in [1.807, 2.05) is 13.8 Å². The van der Waals surface area contributed by atoms with E-state index in [1.54, 1.807) is 30.3 Å². The van der Waals surface area contributed by atoms with E-state index in [4.69, 9.17) is 10.5 Å². The lowest BCUT2D eigenvalue weighted by Gasteiger charge is -2.19. The average Bonchev–Trinajstić information content (AvgIpc) is 3.11. The van der Waals surface area contributed by atoms with Gasteiger partial charge in [0.15, 0.2) is 5.75 Å². The van der Waals surface area contributed by atoms with Crippen LogP contribution in [0, 0.1) is 0 Å². The third kappa shape index (κ3) is 3.75. The number of phenolic OH excluding ortho intramolecular Hbond substituents is 1. The summed E-state index contributed by atoms with van der Waals surface area (Å²) in [6.07, 6.45) is 2.49. The van der Waals surface area contributed by atoms with Crippen molar-refractivity contribution in [1.29, 1.82) is 0 Å². The molecule has 8 heteroatoms. The minimum atomic E-state index is -0.371. The van der Waals surface area contributed by atoms with Crippen LogP contribution in [0.1, 0.15) is 24.2 Å². The number of anilines is 3. The van der Waals surface area contributed by atoms with Crippen LogP contribution in [-0.2, 0) is 0 Å². The van der Waals surface area contributed by atoms with E-state index in [2.05, 4.69) is 15.4 Å². The van der Waals surface area contributed by atoms with Crippen LogP contribution in [0.4, 0.5) is 17.1 Å². The molecule has 0 fully saturated rings. The van der Waals surface area contributed by atoms with Gasteiger partial charge in [-0.2, -0.15) is 9.78 Å². The number of benzene rings is 2. The predicted molar refractivity (Wildman–Crippen MR) is 97.8 cm³/mol. The van der Waals surface area contributed by atoms with Crippen LogP contribution >= 0.6 is 0 Å². The molecular formula is C18H19N5O3. The summed E-state index contributed by atoms with van der Waals surface area (Å²) in [6.45, 7) is 3.76. The minimum Gasteiger partial charge on any atom is -0.508 e. The first-order valence-corrected chi connectivity index (χ1v) is 7.99. The van der Waals surface area contributed by atoms with Gasteiger partial charge in [0.2, 0.25) is 0 Å². The smallest absolute Gasteiger partial charge is 0.279 e. The highest BCUT2D eigenvalue weighted by Crippen LogP contribution is 2.36. The third-order valence-electron chi connectivity index (χ3n) is 3.47. The molecule has 0 bridgehead atoms. The number of nitrogens with two attached hydrogens (primary N) is 1. The minimum absolute atomic E-state index is 0.112. The summed E-state index contributed by atoms with van der Waals surface area (Å²) in [5, 5.41) is 16.6. The second kappa shape index (κ2) is 7.14. The van der Waals surface area contributed by atoms with E-state index < -0.39 is 0 Å². The SMILES string of the molecule is CC(C)Oc1c(N)cc(C(=O)n2cncn2)cc1Nc1cccc(O)c1. The fourth-order valence-corrected chi connectivity index (χ4v) is 2.42. The van der Waals surface area contributed by atoms with Crippen LogP contribution in [0.5, 0.6) is 11.5 Å². The highest BCUT2D eigenvalue weighted by Gasteiger charge is 2.17. The van der Waals surface area contributed by atoms with Crippen molar-refractivity contribution in [2.45, 2.75) is 20.0 Å². The van der Waals surface area contributed by atoms with Crippen LogP contribution in [0.15, 0.2) is 49.1 Å². The number of hydrogen-bond donors (Lipinski definition) is 3. The van der Waals surface area contributed by atoms with Crippen LogP contribution in [0.25, 0.3) is 0 Å². The van der Waals surface area contributed by atoms with Gasteiger partial charge in [-0.3, -0.25) is 4.79 Å². The number of carbonyl (C=O) groups is 1. The van der Waals surface area contributed by atoms with Gasteiger partial charge in [-0.25, -0.2) is 4.98 Å². The molecule has 4 N–H and O–H groups in total. The van der Waals surface area contributed by atoms with Crippen LogP contribution in [0.3, 0.4) is 0 Å². The van der Waals surface area contributed by atoms with Gasteiger partial charge in [0.25, 0.3) is 5.91 Å². The van der Waals surface area contributed by atoms with E-state index in [-0.39, 0.29) is 17.8 Å². The maximum Gasteiger partial charge on any atom is 0.279 e. The quantitative estimate of drug-likeness (QED) is 0.604. The number of nitrogen functional groups attached to an aromatic ring is 1. The molecule has 0 atom stereocenters. The summed E-state index contributed by atoms with van der Waals surface area (Å²) >= 11 is 0. The molecule has 0 unspecified atom stereocenters. The molecule has 8 nitrogen and oxygen atoms in total. The Morgan fingerprint density at radius 3 is 2.77 bits per heavy atom. The lowest BCUT2D eigenvalue weighted by atomic mass is 10.1. The molecule has 0 saturated heterocycles. The molecule has 1 heterocycles. The van der Waals surface area contributed by atoms with Crippen molar-refractivity contribution in [3.05, 3.63) is 54.6 Å². The molecule has 2 aromatic carbocycles. The maximum atomic E-state index is 12.5. The number of rotatable bonds is 5. The van der Waals surface area contributed by atoms with Crippen molar-refractivity contribution in [2.75, 3.05) is 11.1 Å². The Balaban J connectivity index is 2.04. The van der Waals surface area contributed by atoms with Gasteiger partial charge in [-0.15, -0.1) is 0 Å². The lowest BCUT2D eigenvalue weighted by Crippen LogP contribution is -2.15. The van der Waals surface area contributed by atoms with Crippen molar-refractivity contribution in [2.24, 2.45) is 0 Å². The predicted octanol–water partition coefficient (Wildman–Crippen LogP) is 2.79. The fraction of sp³-hybridized carbons (Fsp3) is 0.167. The van der Waals surface area contributed by atoms with Gasteiger partial charge in [-0.05, 0) is 38.1 Å². The molecule has 0 aliphatic rings. The number of aromatic hydroxyl groups is 1. The maximum absolute atomic E-state index is 12.5. The molecule has 26 heavy (non-hydrogen) atoms. The fourth-order valence-electron chi connectivity index (χ4n) is 2.42. The number of aromatic nitrogens is 3. The molecule has 0 saturated carbocycles. The van der Waals surface area contributed by atoms with Gasteiger partial charge in [0, 0.05) is 17.3 Å². The molecule has 3 aromatic rings. The molecule has 1 aromatic heterocycles. The summed E-state index contributed by atoms with van der Waals surface area (Å²) in [6, 6.07) is 9.77. The Bertz CT molecular complexity index is 923. The number of hydrogen-bond acceptors (Lipinski definition) is 7.